The fraction of sp³-hybridized carbons (Fsp3) is 0.200. The summed E-state index contributed by atoms with van der Waals surface area (Å²) in [5, 5.41) is 9.77. The van der Waals surface area contributed by atoms with Gasteiger partial charge in [0.25, 0.3) is 0 Å². The summed E-state index contributed by atoms with van der Waals surface area (Å²) < 4.78 is 1.79. The van der Waals surface area contributed by atoms with Crippen molar-refractivity contribution >= 4 is 34.5 Å². The van der Waals surface area contributed by atoms with Gasteiger partial charge in [-0.25, -0.2) is 9.55 Å². The third-order valence-corrected chi connectivity index (χ3v) is 5.51. The molecule has 0 bridgehead atoms. The van der Waals surface area contributed by atoms with Crippen molar-refractivity contribution in [3.05, 3.63) is 77.9 Å². The van der Waals surface area contributed by atoms with Gasteiger partial charge in [-0.3, -0.25) is 10.1 Å². The van der Waals surface area contributed by atoms with Crippen LogP contribution >= 0.6 is 0 Å². The van der Waals surface area contributed by atoms with Gasteiger partial charge in [0.2, 0.25) is 17.8 Å². The van der Waals surface area contributed by atoms with Gasteiger partial charge in [0, 0.05) is 18.7 Å². The van der Waals surface area contributed by atoms with Crippen molar-refractivity contribution in [1.29, 1.82) is 0 Å². The highest BCUT2D eigenvalue weighted by Gasteiger charge is 2.22. The van der Waals surface area contributed by atoms with Gasteiger partial charge in [-0.15, -0.1) is 0 Å². The number of anilines is 3. The minimum atomic E-state index is -0.257. The second-order valence-electron chi connectivity index (χ2n) is 7.82. The average molecular weight is 440 g/mol. The largest absolute Gasteiger partial charge is 0.370 e. The SMILES string of the molecule is C/C=C/C(=O)Nc1nc2ccccc2n1-c1nc2c(c(NCc3ccccc3)n1)CCCN2. The van der Waals surface area contributed by atoms with Gasteiger partial charge in [0.1, 0.15) is 11.6 Å². The number of hydrogen-bond acceptors (Lipinski definition) is 6. The molecule has 0 radical (unpaired) electrons. The normalized spacial score (nSPS) is 13.0. The molecule has 2 aromatic carbocycles. The van der Waals surface area contributed by atoms with Crippen molar-refractivity contribution in [2.75, 3.05) is 22.5 Å². The van der Waals surface area contributed by atoms with Crippen LogP contribution in [0.2, 0.25) is 0 Å². The first kappa shape index (κ1) is 20.7. The molecule has 2 aromatic heterocycles. The van der Waals surface area contributed by atoms with Crippen molar-refractivity contribution in [2.45, 2.75) is 26.3 Å². The van der Waals surface area contributed by atoms with Gasteiger partial charge in [0.15, 0.2) is 0 Å². The maximum absolute atomic E-state index is 12.3. The fourth-order valence-corrected chi connectivity index (χ4v) is 3.97. The van der Waals surface area contributed by atoms with E-state index in [9.17, 15) is 4.79 Å². The zero-order chi connectivity index (χ0) is 22.6. The Kier molecular flexibility index (Phi) is 5.72. The van der Waals surface area contributed by atoms with Crippen LogP contribution in [0.4, 0.5) is 17.6 Å². The average Bonchev–Trinajstić information content (AvgIpc) is 3.20. The van der Waals surface area contributed by atoms with Gasteiger partial charge in [0.05, 0.1) is 11.0 Å². The van der Waals surface area contributed by atoms with Crippen molar-refractivity contribution in [2.24, 2.45) is 0 Å². The maximum Gasteiger partial charge on any atom is 0.250 e. The number of carbonyl (C=O) groups excluding carboxylic acids is 1. The number of imidazole rings is 1. The van der Waals surface area contributed by atoms with E-state index < -0.39 is 0 Å². The van der Waals surface area contributed by atoms with Gasteiger partial charge >= 0.3 is 0 Å². The number of nitrogens with zero attached hydrogens (tertiary/aromatic N) is 4. The molecule has 0 saturated heterocycles. The summed E-state index contributed by atoms with van der Waals surface area (Å²) >= 11 is 0. The highest BCUT2D eigenvalue weighted by Crippen LogP contribution is 2.30. The van der Waals surface area contributed by atoms with Crippen LogP contribution in [0.3, 0.4) is 0 Å². The van der Waals surface area contributed by atoms with E-state index >= 15 is 0 Å². The zero-order valence-electron chi connectivity index (χ0n) is 18.4. The van der Waals surface area contributed by atoms with Crippen LogP contribution in [0, 0.1) is 0 Å². The van der Waals surface area contributed by atoms with E-state index in [1.54, 1.807) is 17.6 Å². The maximum atomic E-state index is 12.3. The predicted molar refractivity (Wildman–Crippen MR) is 131 cm³/mol. The Morgan fingerprint density at radius 2 is 1.91 bits per heavy atom. The number of rotatable bonds is 6. The first-order chi connectivity index (χ1) is 16.2. The van der Waals surface area contributed by atoms with Crippen molar-refractivity contribution in [3.63, 3.8) is 0 Å². The molecule has 0 atom stereocenters. The lowest BCUT2D eigenvalue weighted by atomic mass is 10.1. The summed E-state index contributed by atoms with van der Waals surface area (Å²) in [5.74, 6) is 2.17. The van der Waals surface area contributed by atoms with E-state index in [0.717, 1.165) is 47.6 Å². The Bertz CT molecular complexity index is 1330. The first-order valence-corrected chi connectivity index (χ1v) is 11.1. The van der Waals surface area contributed by atoms with Crippen molar-refractivity contribution < 1.29 is 4.79 Å². The van der Waals surface area contributed by atoms with Crippen LogP contribution in [0.1, 0.15) is 24.5 Å². The molecule has 1 aliphatic heterocycles. The quantitative estimate of drug-likeness (QED) is 0.388. The standard InChI is InChI=1S/C25H25N7O/c1-2-9-21(33)29-24-28-19-13-6-7-14-20(19)32(24)25-30-22-18(12-8-15-26-22)23(31-25)27-16-17-10-4-3-5-11-17/h2-7,9-11,13-14H,8,12,15-16H2,1H3,(H,28,29,33)(H2,26,27,30,31)/b9-2+. The van der Waals surface area contributed by atoms with Gasteiger partial charge in [-0.1, -0.05) is 48.5 Å². The number of fused-ring (bicyclic) bond motifs is 2. The molecule has 8 heteroatoms. The van der Waals surface area contributed by atoms with E-state index in [2.05, 4.69) is 33.1 Å². The molecular weight excluding hydrogens is 414 g/mol. The van der Waals surface area contributed by atoms with Crippen LogP contribution < -0.4 is 16.0 Å². The molecule has 3 heterocycles. The number of para-hydroxylation sites is 2. The molecule has 166 valence electrons. The number of allylic oxidation sites excluding steroid dienone is 1. The fourth-order valence-electron chi connectivity index (χ4n) is 3.97. The van der Waals surface area contributed by atoms with Crippen LogP contribution in [0.15, 0.2) is 66.7 Å². The summed E-state index contributed by atoms with van der Waals surface area (Å²) in [6, 6.07) is 17.9. The van der Waals surface area contributed by atoms with E-state index in [1.165, 1.54) is 11.6 Å². The molecule has 33 heavy (non-hydrogen) atoms. The highest BCUT2D eigenvalue weighted by molar-refractivity contribution is 5.99. The summed E-state index contributed by atoms with van der Waals surface area (Å²) in [7, 11) is 0. The monoisotopic (exact) mass is 439 g/mol. The molecule has 0 saturated carbocycles. The molecule has 0 spiro atoms. The zero-order valence-corrected chi connectivity index (χ0v) is 18.4. The second kappa shape index (κ2) is 9.12. The number of amides is 1. The lowest BCUT2D eigenvalue weighted by Gasteiger charge is -2.21. The molecule has 0 aliphatic carbocycles. The summed E-state index contributed by atoms with van der Waals surface area (Å²) in [4.78, 5) is 26.7. The Morgan fingerprint density at radius 1 is 1.09 bits per heavy atom. The Morgan fingerprint density at radius 3 is 2.76 bits per heavy atom. The molecular formula is C25H25N7O. The number of aromatic nitrogens is 4. The lowest BCUT2D eigenvalue weighted by molar-refractivity contribution is -0.112. The number of hydrogen-bond donors (Lipinski definition) is 3. The molecule has 1 amide bonds. The van der Waals surface area contributed by atoms with E-state index in [0.29, 0.717) is 18.4 Å². The highest BCUT2D eigenvalue weighted by atomic mass is 16.1. The molecule has 1 aliphatic rings. The number of carbonyl (C=O) groups is 1. The Hall–Kier alpha value is -4.20. The van der Waals surface area contributed by atoms with Crippen LogP contribution in [-0.2, 0) is 17.8 Å². The van der Waals surface area contributed by atoms with Crippen molar-refractivity contribution in [1.82, 2.24) is 19.5 Å². The third kappa shape index (κ3) is 4.27. The molecule has 8 nitrogen and oxygen atoms in total. The Labute approximate surface area is 191 Å². The molecule has 3 N–H and O–H groups in total. The van der Waals surface area contributed by atoms with Gasteiger partial charge < -0.3 is 10.6 Å². The number of nitrogens with one attached hydrogen (secondary N) is 3. The van der Waals surface area contributed by atoms with Crippen LogP contribution in [0.5, 0.6) is 0 Å². The first-order valence-electron chi connectivity index (χ1n) is 11.1. The predicted octanol–water partition coefficient (Wildman–Crippen LogP) is 4.30. The summed E-state index contributed by atoms with van der Waals surface area (Å²) in [5.41, 5.74) is 3.81. The molecule has 5 rings (SSSR count). The lowest BCUT2D eigenvalue weighted by Crippen LogP contribution is -2.20. The molecule has 0 fully saturated rings. The minimum absolute atomic E-state index is 0.257. The molecule has 4 aromatic rings. The number of benzene rings is 2. The summed E-state index contributed by atoms with van der Waals surface area (Å²) in [6.45, 7) is 3.31. The minimum Gasteiger partial charge on any atom is -0.370 e. The van der Waals surface area contributed by atoms with Gasteiger partial charge in [-0.2, -0.15) is 9.97 Å². The summed E-state index contributed by atoms with van der Waals surface area (Å²) in [6.07, 6.45) is 5.07. The second-order valence-corrected chi connectivity index (χ2v) is 7.82. The van der Waals surface area contributed by atoms with Crippen LogP contribution in [-0.4, -0.2) is 32.0 Å². The van der Waals surface area contributed by atoms with E-state index in [4.69, 9.17) is 9.97 Å². The Balaban J connectivity index is 1.61. The van der Waals surface area contributed by atoms with E-state index in [-0.39, 0.29) is 5.91 Å². The topological polar surface area (TPSA) is 96.8 Å². The van der Waals surface area contributed by atoms with Crippen molar-refractivity contribution in [3.8, 4) is 5.95 Å². The van der Waals surface area contributed by atoms with Crippen LogP contribution in [0.25, 0.3) is 17.0 Å². The molecule has 0 unspecified atom stereocenters. The smallest absolute Gasteiger partial charge is 0.250 e. The van der Waals surface area contributed by atoms with E-state index in [1.807, 2.05) is 42.5 Å². The van der Waals surface area contributed by atoms with Gasteiger partial charge in [-0.05, 0) is 43.5 Å². The third-order valence-electron chi connectivity index (χ3n) is 5.51.